The molecule has 1 saturated carbocycles. The van der Waals surface area contributed by atoms with Crippen LogP contribution in [0.3, 0.4) is 0 Å². The fraction of sp³-hybridized carbons (Fsp3) is 0.429. The molecule has 0 unspecified atom stereocenters. The minimum atomic E-state index is -0.296. The van der Waals surface area contributed by atoms with Crippen LogP contribution in [0.1, 0.15) is 35.7 Å². The summed E-state index contributed by atoms with van der Waals surface area (Å²) in [5.74, 6) is -0.296. The second-order valence-corrected chi connectivity index (χ2v) is 5.03. The largest absolute Gasteiger partial charge is 0.462 e. The lowest BCUT2D eigenvalue weighted by Crippen LogP contribution is -2.30. The van der Waals surface area contributed by atoms with E-state index in [4.69, 9.17) is 17.0 Å². The van der Waals surface area contributed by atoms with Gasteiger partial charge in [0.2, 0.25) is 0 Å². The molecule has 0 aromatic heterocycles. The first-order valence-corrected chi connectivity index (χ1v) is 6.86. The lowest BCUT2D eigenvalue weighted by Gasteiger charge is -2.12. The van der Waals surface area contributed by atoms with E-state index in [1.54, 1.807) is 19.1 Å². The first kappa shape index (κ1) is 13.8. The molecule has 0 saturated heterocycles. The van der Waals surface area contributed by atoms with Crippen LogP contribution in [0.2, 0.25) is 0 Å². The number of carbonyl (C=O) groups is 1. The summed E-state index contributed by atoms with van der Waals surface area (Å²) in [5.41, 5.74) is 2.43. The molecule has 0 aliphatic heterocycles. The van der Waals surface area contributed by atoms with Crippen molar-refractivity contribution in [2.45, 2.75) is 32.7 Å². The van der Waals surface area contributed by atoms with Crippen LogP contribution in [0.4, 0.5) is 5.69 Å². The Bertz CT molecular complexity index is 498. The van der Waals surface area contributed by atoms with Gasteiger partial charge in [0.05, 0.1) is 12.2 Å². The maximum atomic E-state index is 11.6. The van der Waals surface area contributed by atoms with E-state index in [0.29, 0.717) is 23.3 Å². The number of hydrogen-bond acceptors (Lipinski definition) is 3. The molecule has 1 aromatic carbocycles. The zero-order valence-corrected chi connectivity index (χ0v) is 12.0. The highest BCUT2D eigenvalue weighted by Crippen LogP contribution is 2.20. The van der Waals surface area contributed by atoms with E-state index in [1.807, 2.05) is 13.0 Å². The molecule has 5 heteroatoms. The number of aryl methyl sites for hydroxylation is 1. The smallest absolute Gasteiger partial charge is 0.338 e. The fourth-order valence-corrected chi connectivity index (χ4v) is 1.99. The Hall–Kier alpha value is -1.62. The molecule has 2 N–H and O–H groups in total. The number of rotatable bonds is 4. The number of anilines is 1. The van der Waals surface area contributed by atoms with E-state index < -0.39 is 0 Å². The number of thiocarbonyl (C=S) groups is 1. The summed E-state index contributed by atoms with van der Waals surface area (Å²) in [7, 11) is 0. The summed E-state index contributed by atoms with van der Waals surface area (Å²) in [6.45, 7) is 4.11. The van der Waals surface area contributed by atoms with Crippen LogP contribution < -0.4 is 10.6 Å². The molecular weight excluding hydrogens is 260 g/mol. The number of esters is 1. The van der Waals surface area contributed by atoms with Crippen molar-refractivity contribution in [2.75, 3.05) is 11.9 Å². The van der Waals surface area contributed by atoms with E-state index in [0.717, 1.165) is 11.3 Å². The van der Waals surface area contributed by atoms with Crippen molar-refractivity contribution < 1.29 is 9.53 Å². The topological polar surface area (TPSA) is 50.4 Å². The lowest BCUT2D eigenvalue weighted by molar-refractivity contribution is 0.0526. The number of hydrogen-bond donors (Lipinski definition) is 2. The molecule has 0 atom stereocenters. The molecule has 1 aromatic rings. The van der Waals surface area contributed by atoms with Crippen molar-refractivity contribution in [1.29, 1.82) is 0 Å². The molecule has 102 valence electrons. The van der Waals surface area contributed by atoms with Gasteiger partial charge in [-0.15, -0.1) is 0 Å². The van der Waals surface area contributed by atoms with Crippen molar-refractivity contribution >= 4 is 29.0 Å². The van der Waals surface area contributed by atoms with Crippen molar-refractivity contribution in [2.24, 2.45) is 0 Å². The fourth-order valence-electron chi connectivity index (χ4n) is 1.72. The highest BCUT2D eigenvalue weighted by Gasteiger charge is 2.21. The minimum absolute atomic E-state index is 0.296. The predicted molar refractivity (Wildman–Crippen MR) is 79.5 cm³/mol. The maximum Gasteiger partial charge on any atom is 0.338 e. The van der Waals surface area contributed by atoms with Crippen LogP contribution in [0.25, 0.3) is 0 Å². The third-order valence-corrected chi connectivity index (χ3v) is 3.12. The summed E-state index contributed by atoms with van der Waals surface area (Å²) in [6, 6.07) is 5.93. The highest BCUT2D eigenvalue weighted by atomic mass is 32.1. The lowest BCUT2D eigenvalue weighted by atomic mass is 10.1. The Morgan fingerprint density at radius 2 is 2.21 bits per heavy atom. The average molecular weight is 278 g/mol. The quantitative estimate of drug-likeness (QED) is 0.655. The number of nitrogens with one attached hydrogen (secondary N) is 2. The second kappa shape index (κ2) is 6.02. The normalized spacial score (nSPS) is 13.8. The highest BCUT2D eigenvalue weighted by molar-refractivity contribution is 7.80. The first-order chi connectivity index (χ1) is 9.10. The maximum absolute atomic E-state index is 11.6. The molecule has 2 rings (SSSR count). The SMILES string of the molecule is CCOC(=O)c1ccc(NC(=S)NC2CC2)c(C)c1. The molecular formula is C14H18N2O2S. The van der Waals surface area contributed by atoms with E-state index in [9.17, 15) is 4.79 Å². The Morgan fingerprint density at radius 1 is 1.47 bits per heavy atom. The van der Waals surface area contributed by atoms with Gasteiger partial charge in [0, 0.05) is 11.7 Å². The molecule has 0 amide bonds. The molecule has 0 spiro atoms. The van der Waals surface area contributed by atoms with E-state index in [-0.39, 0.29) is 5.97 Å². The van der Waals surface area contributed by atoms with Crippen LogP contribution in [0.15, 0.2) is 18.2 Å². The minimum Gasteiger partial charge on any atom is -0.462 e. The van der Waals surface area contributed by atoms with Crippen LogP contribution in [-0.2, 0) is 4.74 Å². The molecule has 4 nitrogen and oxygen atoms in total. The number of carbonyl (C=O) groups excluding carboxylic acids is 1. The van der Waals surface area contributed by atoms with Gasteiger partial charge in [-0.05, 0) is 62.7 Å². The van der Waals surface area contributed by atoms with Crippen molar-refractivity contribution in [1.82, 2.24) is 5.32 Å². The molecule has 0 radical (unpaired) electrons. The second-order valence-electron chi connectivity index (χ2n) is 4.62. The van der Waals surface area contributed by atoms with Gasteiger partial charge in [-0.25, -0.2) is 4.79 Å². The Morgan fingerprint density at radius 3 is 2.79 bits per heavy atom. The van der Waals surface area contributed by atoms with Gasteiger partial charge >= 0.3 is 5.97 Å². The number of benzene rings is 1. The van der Waals surface area contributed by atoms with E-state index in [1.165, 1.54) is 12.8 Å². The monoisotopic (exact) mass is 278 g/mol. The van der Waals surface area contributed by atoms with Gasteiger partial charge in [0.15, 0.2) is 5.11 Å². The van der Waals surface area contributed by atoms with Crippen LogP contribution in [-0.4, -0.2) is 23.7 Å². The first-order valence-electron chi connectivity index (χ1n) is 6.45. The summed E-state index contributed by atoms with van der Waals surface area (Å²) in [6.07, 6.45) is 2.37. The third kappa shape index (κ3) is 3.92. The Kier molecular flexibility index (Phi) is 4.37. The van der Waals surface area contributed by atoms with Gasteiger partial charge < -0.3 is 15.4 Å². The standard InChI is InChI=1S/C14H18N2O2S/c1-3-18-13(17)10-4-7-12(9(2)8-10)16-14(19)15-11-5-6-11/h4,7-8,11H,3,5-6H2,1-2H3,(H2,15,16,19). The van der Waals surface area contributed by atoms with E-state index in [2.05, 4.69) is 10.6 Å². The van der Waals surface area contributed by atoms with Gasteiger partial charge in [0.1, 0.15) is 0 Å². The number of ether oxygens (including phenoxy) is 1. The van der Waals surface area contributed by atoms with Crippen LogP contribution in [0.5, 0.6) is 0 Å². The molecule has 0 bridgehead atoms. The zero-order valence-electron chi connectivity index (χ0n) is 11.2. The third-order valence-electron chi connectivity index (χ3n) is 2.90. The van der Waals surface area contributed by atoms with Gasteiger partial charge in [-0.1, -0.05) is 0 Å². The molecule has 1 fully saturated rings. The van der Waals surface area contributed by atoms with Gasteiger partial charge in [-0.2, -0.15) is 0 Å². The molecule has 1 aliphatic carbocycles. The zero-order chi connectivity index (χ0) is 13.8. The van der Waals surface area contributed by atoms with Crippen LogP contribution >= 0.6 is 12.2 Å². The summed E-state index contributed by atoms with van der Waals surface area (Å²) < 4.78 is 4.97. The molecule has 1 aliphatic rings. The van der Waals surface area contributed by atoms with Crippen molar-refractivity contribution in [3.05, 3.63) is 29.3 Å². The molecule has 0 heterocycles. The summed E-state index contributed by atoms with van der Waals surface area (Å²) in [5, 5.41) is 7.00. The Labute approximate surface area is 118 Å². The van der Waals surface area contributed by atoms with Crippen molar-refractivity contribution in [3.8, 4) is 0 Å². The van der Waals surface area contributed by atoms with Crippen LogP contribution in [0, 0.1) is 6.92 Å². The van der Waals surface area contributed by atoms with Gasteiger partial charge in [0.25, 0.3) is 0 Å². The summed E-state index contributed by atoms with van der Waals surface area (Å²) >= 11 is 5.22. The predicted octanol–water partition coefficient (Wildman–Crippen LogP) is 2.62. The molecule has 19 heavy (non-hydrogen) atoms. The van der Waals surface area contributed by atoms with Crippen molar-refractivity contribution in [3.63, 3.8) is 0 Å². The average Bonchev–Trinajstić information content (AvgIpc) is 3.16. The van der Waals surface area contributed by atoms with Gasteiger partial charge in [-0.3, -0.25) is 0 Å². The summed E-state index contributed by atoms with van der Waals surface area (Å²) in [4.78, 5) is 11.6. The van der Waals surface area contributed by atoms with E-state index >= 15 is 0 Å². The Balaban J connectivity index is 2.01.